The van der Waals surface area contributed by atoms with E-state index in [0.29, 0.717) is 0 Å². The highest BCUT2D eigenvalue weighted by Gasteiger charge is 2.04. The van der Waals surface area contributed by atoms with Gasteiger partial charge in [0, 0.05) is 0 Å². The van der Waals surface area contributed by atoms with Crippen molar-refractivity contribution in [1.29, 1.82) is 0 Å². The van der Waals surface area contributed by atoms with Crippen molar-refractivity contribution in [3.63, 3.8) is 0 Å². The first-order valence-corrected chi connectivity index (χ1v) is 13.8. The van der Waals surface area contributed by atoms with Crippen LogP contribution in [0.5, 0.6) is 0 Å². The lowest BCUT2D eigenvalue weighted by Gasteiger charge is -2.13. The third kappa shape index (κ3) is 17.7. The van der Waals surface area contributed by atoms with Gasteiger partial charge < -0.3 is 19.6 Å². The average Bonchev–Trinajstić information content (AvgIpc) is 2.91. The van der Waals surface area contributed by atoms with Crippen LogP contribution in [0.25, 0.3) is 0 Å². The number of benzene rings is 2. The standard InChI is InChI=1S/2C10H15N.2C5H13N/c2*1-3-11(4-2)10-8-6-5-7-9-10;2*1-4-6(3)5-2/h2*5-9H,3-4H2,1-2H3;2*4-5H2,1-3H3/p+4. The van der Waals surface area contributed by atoms with E-state index in [1.54, 1.807) is 19.6 Å². The Labute approximate surface area is 213 Å². The quantitative estimate of drug-likeness (QED) is 0.399. The van der Waals surface area contributed by atoms with Crippen LogP contribution in [-0.2, 0) is 0 Å². The molecule has 0 aromatic heterocycles. The maximum Gasteiger partial charge on any atom is 0.131 e. The molecule has 0 aliphatic heterocycles. The van der Waals surface area contributed by atoms with Crippen LogP contribution in [-0.4, -0.2) is 66.5 Å². The molecular formula is C30H60N4+4. The Morgan fingerprint density at radius 2 is 0.618 bits per heavy atom. The van der Waals surface area contributed by atoms with Crippen molar-refractivity contribution >= 4 is 11.4 Å². The molecule has 0 saturated heterocycles. The van der Waals surface area contributed by atoms with Gasteiger partial charge in [0.25, 0.3) is 0 Å². The van der Waals surface area contributed by atoms with E-state index in [4.69, 9.17) is 0 Å². The largest absolute Gasteiger partial charge is 0.338 e. The molecule has 196 valence electrons. The Morgan fingerprint density at radius 1 is 0.382 bits per heavy atom. The molecule has 0 amide bonds. The summed E-state index contributed by atoms with van der Waals surface area (Å²) in [6.07, 6.45) is 0. The van der Waals surface area contributed by atoms with Gasteiger partial charge in [-0.2, -0.15) is 0 Å². The smallest absolute Gasteiger partial charge is 0.131 e. The molecule has 2 aromatic carbocycles. The summed E-state index contributed by atoms with van der Waals surface area (Å²) in [5, 5.41) is 0. The first kappa shape index (κ1) is 34.4. The first-order valence-electron chi connectivity index (χ1n) is 13.8. The maximum atomic E-state index is 2.21. The molecule has 0 heterocycles. The van der Waals surface area contributed by atoms with E-state index in [0.717, 1.165) is 0 Å². The molecule has 0 radical (unpaired) electrons. The lowest BCUT2D eigenvalue weighted by Crippen LogP contribution is -3.08. The van der Waals surface area contributed by atoms with Crippen molar-refractivity contribution < 1.29 is 19.6 Å². The Morgan fingerprint density at radius 3 is 0.765 bits per heavy atom. The molecule has 2 rings (SSSR count). The van der Waals surface area contributed by atoms with Crippen LogP contribution < -0.4 is 19.6 Å². The highest BCUT2D eigenvalue weighted by atomic mass is 15.1. The summed E-state index contributed by atoms with van der Waals surface area (Å²) >= 11 is 0. The minimum absolute atomic E-state index is 1.17. The van der Waals surface area contributed by atoms with Crippen molar-refractivity contribution in [1.82, 2.24) is 0 Å². The third-order valence-electron chi connectivity index (χ3n) is 6.49. The van der Waals surface area contributed by atoms with Gasteiger partial charge in [0.2, 0.25) is 0 Å². The van der Waals surface area contributed by atoms with Gasteiger partial charge in [-0.15, -0.1) is 0 Å². The Bertz CT molecular complexity index is 559. The summed E-state index contributed by atoms with van der Waals surface area (Å²) in [6.45, 7) is 27.3. The SMILES string of the molecule is CC[NH+](C)CC.CC[NH+](C)CC.CC[NH+](CC)c1ccccc1.CC[NH+](CC)c1ccccc1. The summed E-state index contributed by atoms with van der Waals surface area (Å²) in [5.74, 6) is 0. The maximum absolute atomic E-state index is 2.21. The van der Waals surface area contributed by atoms with Crippen molar-refractivity contribution in [3.8, 4) is 0 Å². The van der Waals surface area contributed by atoms with Gasteiger partial charge in [0.05, 0.1) is 66.5 Å². The zero-order chi connectivity index (χ0) is 26.2. The molecule has 4 heteroatoms. The minimum Gasteiger partial charge on any atom is -0.338 e. The lowest BCUT2D eigenvalue weighted by molar-refractivity contribution is -0.875. The number of hydrogen-bond donors (Lipinski definition) is 4. The molecule has 0 fully saturated rings. The fourth-order valence-electron chi connectivity index (χ4n) is 3.16. The van der Waals surface area contributed by atoms with Crippen molar-refractivity contribution in [2.75, 3.05) is 66.5 Å². The Hall–Kier alpha value is -1.72. The second-order valence-corrected chi connectivity index (χ2v) is 8.68. The number of quaternary nitrogens is 4. The van der Waals surface area contributed by atoms with Crippen molar-refractivity contribution in [2.24, 2.45) is 0 Å². The molecule has 0 atom stereocenters. The topological polar surface area (TPSA) is 17.8 Å². The van der Waals surface area contributed by atoms with E-state index in [1.807, 2.05) is 0 Å². The Kier molecular flexibility index (Phi) is 24.7. The van der Waals surface area contributed by atoms with Gasteiger partial charge in [-0.05, 0) is 79.7 Å². The molecule has 0 bridgehead atoms. The molecule has 0 aliphatic carbocycles. The second kappa shape index (κ2) is 24.4. The molecule has 0 saturated carbocycles. The molecule has 0 unspecified atom stereocenters. The Balaban J connectivity index is 0. The minimum atomic E-state index is 1.17. The molecular weight excluding hydrogens is 416 g/mol. The molecule has 4 nitrogen and oxygen atoms in total. The van der Waals surface area contributed by atoms with Crippen molar-refractivity contribution in [2.45, 2.75) is 55.4 Å². The fraction of sp³-hybridized carbons (Fsp3) is 0.600. The van der Waals surface area contributed by atoms with E-state index in [1.165, 1.54) is 63.7 Å². The molecule has 4 N–H and O–H groups in total. The highest BCUT2D eigenvalue weighted by molar-refractivity contribution is 5.28. The number of para-hydroxylation sites is 2. The predicted octanol–water partition coefficient (Wildman–Crippen LogP) is 1.57. The van der Waals surface area contributed by atoms with Gasteiger partial charge >= 0.3 is 0 Å². The number of nitrogens with one attached hydrogen (secondary N) is 4. The van der Waals surface area contributed by atoms with Crippen LogP contribution in [0.1, 0.15) is 55.4 Å². The van der Waals surface area contributed by atoms with Crippen LogP contribution in [0.3, 0.4) is 0 Å². The van der Waals surface area contributed by atoms with Crippen LogP contribution >= 0.6 is 0 Å². The van der Waals surface area contributed by atoms with Crippen LogP contribution in [0.2, 0.25) is 0 Å². The number of hydrogen-bond acceptors (Lipinski definition) is 0. The van der Waals surface area contributed by atoms with Gasteiger partial charge in [-0.1, -0.05) is 36.4 Å². The highest BCUT2D eigenvalue weighted by Crippen LogP contribution is 1.98. The second-order valence-electron chi connectivity index (χ2n) is 8.68. The van der Waals surface area contributed by atoms with Crippen LogP contribution in [0.4, 0.5) is 11.4 Å². The molecule has 2 aromatic rings. The zero-order valence-corrected chi connectivity index (χ0v) is 24.4. The normalized spacial score (nSPS) is 10.3. The van der Waals surface area contributed by atoms with Gasteiger partial charge in [0.15, 0.2) is 0 Å². The molecule has 0 spiro atoms. The monoisotopic (exact) mass is 476 g/mol. The van der Waals surface area contributed by atoms with E-state index in [2.05, 4.69) is 130 Å². The zero-order valence-electron chi connectivity index (χ0n) is 24.4. The average molecular weight is 477 g/mol. The molecule has 0 aliphatic rings. The first-order chi connectivity index (χ1) is 16.4. The number of rotatable bonds is 10. The van der Waals surface area contributed by atoms with Crippen LogP contribution in [0.15, 0.2) is 60.7 Å². The summed E-state index contributed by atoms with van der Waals surface area (Å²) in [6, 6.07) is 21.2. The van der Waals surface area contributed by atoms with E-state index < -0.39 is 0 Å². The van der Waals surface area contributed by atoms with Crippen molar-refractivity contribution in [3.05, 3.63) is 60.7 Å². The fourth-order valence-corrected chi connectivity index (χ4v) is 3.16. The summed E-state index contributed by atoms with van der Waals surface area (Å²) in [5.41, 5.74) is 2.80. The molecule has 34 heavy (non-hydrogen) atoms. The van der Waals surface area contributed by atoms with Gasteiger partial charge in [0.1, 0.15) is 11.4 Å². The third-order valence-corrected chi connectivity index (χ3v) is 6.49. The summed E-state index contributed by atoms with van der Waals surface area (Å²) < 4.78 is 0. The predicted molar refractivity (Wildman–Crippen MR) is 152 cm³/mol. The van der Waals surface area contributed by atoms with E-state index in [9.17, 15) is 0 Å². The lowest BCUT2D eigenvalue weighted by atomic mass is 10.3. The van der Waals surface area contributed by atoms with E-state index in [-0.39, 0.29) is 0 Å². The summed E-state index contributed by atoms with van der Waals surface area (Å²) in [4.78, 5) is 6.28. The van der Waals surface area contributed by atoms with Gasteiger partial charge in [-0.25, -0.2) is 0 Å². The van der Waals surface area contributed by atoms with Gasteiger partial charge in [-0.3, -0.25) is 0 Å². The summed E-state index contributed by atoms with van der Waals surface area (Å²) in [7, 11) is 4.39. The van der Waals surface area contributed by atoms with E-state index >= 15 is 0 Å². The van der Waals surface area contributed by atoms with Crippen LogP contribution in [0, 0.1) is 0 Å².